The van der Waals surface area contributed by atoms with Crippen molar-refractivity contribution in [1.82, 2.24) is 0 Å². The van der Waals surface area contributed by atoms with Crippen molar-refractivity contribution in [2.24, 2.45) is 23.2 Å². The molecule has 0 bridgehead atoms. The van der Waals surface area contributed by atoms with Gasteiger partial charge in [0.1, 0.15) is 0 Å². The molecule has 3 nitrogen and oxygen atoms in total. The van der Waals surface area contributed by atoms with Gasteiger partial charge in [-0.05, 0) is 94.0 Å². The molecule has 0 amide bonds. The van der Waals surface area contributed by atoms with Crippen LogP contribution >= 0.6 is 0 Å². The summed E-state index contributed by atoms with van der Waals surface area (Å²) >= 11 is 0. The Kier molecular flexibility index (Phi) is 10.1. The lowest BCUT2D eigenvalue weighted by molar-refractivity contribution is 0.0410. The number of aliphatic hydroxyl groups is 1. The van der Waals surface area contributed by atoms with Crippen molar-refractivity contribution in [3.63, 3.8) is 0 Å². The van der Waals surface area contributed by atoms with E-state index in [1.165, 1.54) is 32.1 Å². The highest BCUT2D eigenvalue weighted by molar-refractivity contribution is 4.89. The first-order valence-electron chi connectivity index (χ1n) is 12.0. The zero-order valence-corrected chi connectivity index (χ0v) is 19.4. The summed E-state index contributed by atoms with van der Waals surface area (Å²) in [7, 11) is 0. The van der Waals surface area contributed by atoms with E-state index in [1.54, 1.807) is 6.26 Å². The van der Waals surface area contributed by atoms with Gasteiger partial charge < -0.3 is 14.6 Å². The molecular formula is C26H46O3. The van der Waals surface area contributed by atoms with Gasteiger partial charge in [0, 0.05) is 0 Å². The Labute approximate surface area is 179 Å². The molecule has 2 rings (SSSR count). The van der Waals surface area contributed by atoms with Crippen LogP contribution in [0, 0.1) is 23.2 Å². The fourth-order valence-corrected chi connectivity index (χ4v) is 5.19. The number of hydrogen-bond acceptors (Lipinski definition) is 3. The van der Waals surface area contributed by atoms with E-state index in [1.807, 2.05) is 6.26 Å². The number of ether oxygens (including phenoxy) is 2. The van der Waals surface area contributed by atoms with Crippen molar-refractivity contribution in [2.45, 2.75) is 117 Å². The zero-order chi connectivity index (χ0) is 21.3. The Morgan fingerprint density at radius 2 is 1.79 bits per heavy atom. The molecular weight excluding hydrogens is 360 g/mol. The minimum atomic E-state index is -0.0898. The van der Waals surface area contributed by atoms with E-state index in [9.17, 15) is 5.11 Å². The minimum Gasteiger partial charge on any atom is -0.499 e. The molecule has 2 aliphatic rings. The zero-order valence-electron chi connectivity index (χ0n) is 19.4. The molecule has 4 atom stereocenters. The fraction of sp³-hybridized carbons (Fsp3) is 0.846. The van der Waals surface area contributed by atoms with Gasteiger partial charge in [-0.3, -0.25) is 0 Å². The van der Waals surface area contributed by atoms with E-state index < -0.39 is 0 Å². The van der Waals surface area contributed by atoms with Crippen molar-refractivity contribution in [1.29, 1.82) is 0 Å². The maximum atomic E-state index is 9.68. The second-order valence-electron chi connectivity index (χ2n) is 10.8. The first-order chi connectivity index (χ1) is 13.8. The molecule has 0 heterocycles. The van der Waals surface area contributed by atoms with Gasteiger partial charge in [0.15, 0.2) is 0 Å². The van der Waals surface area contributed by atoms with Crippen molar-refractivity contribution >= 4 is 0 Å². The standard InChI is InChI=1S/C26H46O3/c1-6-28-25(19-26(3,4)5)15-10-21-8-7-9-22(18-21)16-17-29-20(2)23-11-13-24(27)14-12-23/h6,16-17,20-25,27H,1,7-15,18-19H2,2-5H3/b17-16+. The maximum Gasteiger partial charge on any atom is 0.0983 e. The molecule has 2 aliphatic carbocycles. The van der Waals surface area contributed by atoms with Gasteiger partial charge in [-0.1, -0.05) is 40.2 Å². The molecule has 4 unspecified atom stereocenters. The van der Waals surface area contributed by atoms with E-state index in [0.29, 0.717) is 17.9 Å². The lowest BCUT2D eigenvalue weighted by Crippen LogP contribution is -2.26. The number of hydrogen-bond donors (Lipinski definition) is 1. The van der Waals surface area contributed by atoms with Gasteiger partial charge in [-0.2, -0.15) is 0 Å². The number of rotatable bonds is 10. The molecule has 0 aromatic rings. The van der Waals surface area contributed by atoms with Crippen LogP contribution in [0.15, 0.2) is 25.2 Å². The van der Waals surface area contributed by atoms with Gasteiger partial charge in [0.25, 0.3) is 0 Å². The van der Waals surface area contributed by atoms with Crippen LogP contribution in [0.3, 0.4) is 0 Å². The summed E-state index contributed by atoms with van der Waals surface area (Å²) in [5, 5.41) is 9.68. The SMILES string of the molecule is C=COC(CCC1CCCC(/C=C/OC(C)C2CCC(O)CC2)C1)CC(C)(C)C. The molecule has 2 saturated carbocycles. The lowest BCUT2D eigenvalue weighted by Gasteiger charge is -2.31. The van der Waals surface area contributed by atoms with E-state index >= 15 is 0 Å². The van der Waals surface area contributed by atoms with Crippen molar-refractivity contribution in [2.75, 3.05) is 0 Å². The van der Waals surface area contributed by atoms with Crippen molar-refractivity contribution in [3.8, 4) is 0 Å². The van der Waals surface area contributed by atoms with Crippen molar-refractivity contribution in [3.05, 3.63) is 25.2 Å². The average molecular weight is 407 g/mol. The smallest absolute Gasteiger partial charge is 0.0983 e. The van der Waals surface area contributed by atoms with Gasteiger partial charge in [-0.15, -0.1) is 0 Å². The van der Waals surface area contributed by atoms with Gasteiger partial charge in [-0.25, -0.2) is 0 Å². The first-order valence-corrected chi connectivity index (χ1v) is 12.0. The third kappa shape index (κ3) is 9.59. The van der Waals surface area contributed by atoms with Gasteiger partial charge >= 0.3 is 0 Å². The van der Waals surface area contributed by atoms with Gasteiger partial charge in [0.05, 0.1) is 30.8 Å². The Morgan fingerprint density at radius 1 is 1.07 bits per heavy atom. The second-order valence-corrected chi connectivity index (χ2v) is 10.8. The third-order valence-corrected chi connectivity index (χ3v) is 6.90. The molecule has 0 saturated heterocycles. The van der Waals surface area contributed by atoms with E-state index in [2.05, 4.69) is 40.3 Å². The average Bonchev–Trinajstić information content (AvgIpc) is 2.66. The van der Waals surface area contributed by atoms with Crippen LogP contribution in [0.5, 0.6) is 0 Å². The van der Waals surface area contributed by atoms with Crippen LogP contribution in [-0.4, -0.2) is 23.4 Å². The minimum absolute atomic E-state index is 0.0898. The number of allylic oxidation sites excluding steroid dienone is 1. The number of aliphatic hydroxyl groups excluding tert-OH is 1. The molecule has 2 fully saturated rings. The summed E-state index contributed by atoms with van der Waals surface area (Å²) in [6.45, 7) is 12.8. The highest BCUT2D eigenvalue weighted by atomic mass is 16.5. The normalized spacial score (nSPS) is 30.7. The van der Waals surface area contributed by atoms with E-state index in [-0.39, 0.29) is 17.6 Å². The molecule has 29 heavy (non-hydrogen) atoms. The lowest BCUT2D eigenvalue weighted by atomic mass is 9.78. The van der Waals surface area contributed by atoms with Crippen LogP contribution in [0.2, 0.25) is 0 Å². The van der Waals surface area contributed by atoms with Crippen LogP contribution < -0.4 is 0 Å². The quantitative estimate of drug-likeness (QED) is 0.397. The summed E-state index contributed by atoms with van der Waals surface area (Å²) in [4.78, 5) is 0. The Bertz CT molecular complexity index is 485. The summed E-state index contributed by atoms with van der Waals surface area (Å²) < 4.78 is 11.9. The molecule has 1 N–H and O–H groups in total. The highest BCUT2D eigenvalue weighted by Crippen LogP contribution is 2.35. The predicted octanol–water partition coefficient (Wildman–Crippen LogP) is 7.01. The molecule has 0 aromatic heterocycles. The largest absolute Gasteiger partial charge is 0.499 e. The topological polar surface area (TPSA) is 38.7 Å². The summed E-state index contributed by atoms with van der Waals surface area (Å²) in [6.07, 6.45) is 19.1. The second kappa shape index (κ2) is 12.0. The predicted molar refractivity (Wildman–Crippen MR) is 121 cm³/mol. The van der Waals surface area contributed by atoms with Crippen LogP contribution in [-0.2, 0) is 9.47 Å². The Balaban J connectivity index is 1.72. The fourth-order valence-electron chi connectivity index (χ4n) is 5.19. The molecule has 0 aliphatic heterocycles. The summed E-state index contributed by atoms with van der Waals surface area (Å²) in [6, 6.07) is 0. The van der Waals surface area contributed by atoms with Crippen LogP contribution in [0.4, 0.5) is 0 Å². The first kappa shape index (κ1) is 24.3. The maximum absolute atomic E-state index is 9.68. The van der Waals surface area contributed by atoms with E-state index in [4.69, 9.17) is 9.47 Å². The molecule has 168 valence electrons. The molecule has 0 aromatic carbocycles. The molecule has 0 radical (unpaired) electrons. The monoisotopic (exact) mass is 406 g/mol. The summed E-state index contributed by atoms with van der Waals surface area (Å²) in [5.41, 5.74) is 0.288. The van der Waals surface area contributed by atoms with E-state index in [0.717, 1.165) is 44.4 Å². The van der Waals surface area contributed by atoms with Crippen LogP contribution in [0.25, 0.3) is 0 Å². The van der Waals surface area contributed by atoms with Crippen LogP contribution in [0.1, 0.15) is 98.3 Å². The Morgan fingerprint density at radius 3 is 2.45 bits per heavy atom. The Hall–Kier alpha value is -0.960. The highest BCUT2D eigenvalue weighted by Gasteiger charge is 2.26. The summed E-state index contributed by atoms with van der Waals surface area (Å²) in [5.74, 6) is 2.04. The molecule has 3 heteroatoms. The van der Waals surface area contributed by atoms with Crippen molar-refractivity contribution < 1.29 is 14.6 Å². The van der Waals surface area contributed by atoms with Gasteiger partial charge in [0.2, 0.25) is 0 Å². The molecule has 0 spiro atoms. The third-order valence-electron chi connectivity index (χ3n) is 6.90.